The Morgan fingerprint density at radius 1 is 1.30 bits per heavy atom. The Hall–Kier alpha value is -1.98. The maximum absolute atomic E-state index is 5.74. The van der Waals surface area contributed by atoms with Crippen LogP contribution in [0.5, 0.6) is 0 Å². The summed E-state index contributed by atoms with van der Waals surface area (Å²) in [6.07, 6.45) is 1.13. The number of para-hydroxylation sites is 2. The molecule has 0 saturated carbocycles. The average Bonchev–Trinajstić information content (AvgIpc) is 3.23. The lowest BCUT2D eigenvalue weighted by Crippen LogP contribution is -2.24. The van der Waals surface area contributed by atoms with Crippen LogP contribution >= 0.6 is 12.4 Å². The van der Waals surface area contributed by atoms with E-state index in [9.17, 15) is 0 Å². The highest BCUT2D eigenvalue weighted by Crippen LogP contribution is 2.23. The second kappa shape index (κ2) is 6.64. The van der Waals surface area contributed by atoms with Crippen LogP contribution in [0.3, 0.4) is 0 Å². The Bertz CT molecular complexity index is 789. The van der Waals surface area contributed by atoms with Gasteiger partial charge < -0.3 is 19.6 Å². The molecule has 1 atom stereocenters. The van der Waals surface area contributed by atoms with Crippen molar-refractivity contribution < 1.29 is 4.42 Å². The molecular formula is C17H21ClN4O. The number of aromatic nitrogens is 2. The summed E-state index contributed by atoms with van der Waals surface area (Å²) in [6.45, 7) is 4.72. The Balaban J connectivity index is 0.00000156. The van der Waals surface area contributed by atoms with E-state index >= 15 is 0 Å². The molecule has 2 aromatic heterocycles. The first-order valence-corrected chi connectivity index (χ1v) is 7.77. The number of hydrogen-bond acceptors (Lipinski definition) is 4. The minimum atomic E-state index is 0. The van der Waals surface area contributed by atoms with Crippen LogP contribution in [-0.2, 0) is 6.54 Å². The fourth-order valence-corrected chi connectivity index (χ4v) is 3.03. The molecule has 0 bridgehead atoms. The maximum atomic E-state index is 5.74. The molecule has 6 heteroatoms. The summed E-state index contributed by atoms with van der Waals surface area (Å²) in [5.74, 6) is 2.81. The van der Waals surface area contributed by atoms with Gasteiger partial charge in [-0.05, 0) is 44.2 Å². The number of halogens is 1. The first kappa shape index (κ1) is 15.9. The molecule has 23 heavy (non-hydrogen) atoms. The van der Waals surface area contributed by atoms with Crippen molar-refractivity contribution in [2.75, 3.05) is 18.4 Å². The molecule has 1 aliphatic rings. The largest absolute Gasteiger partial charge is 0.464 e. The van der Waals surface area contributed by atoms with Gasteiger partial charge in [0.1, 0.15) is 11.5 Å². The van der Waals surface area contributed by atoms with E-state index in [1.54, 1.807) is 0 Å². The molecule has 3 aromatic rings. The van der Waals surface area contributed by atoms with Crippen molar-refractivity contribution in [1.82, 2.24) is 14.9 Å². The number of rotatable bonds is 4. The van der Waals surface area contributed by atoms with Gasteiger partial charge >= 0.3 is 0 Å². The molecule has 0 radical (unpaired) electrons. The molecule has 1 aromatic carbocycles. The molecule has 1 aliphatic heterocycles. The number of nitrogens with one attached hydrogen (secondary N) is 2. The summed E-state index contributed by atoms with van der Waals surface area (Å²) >= 11 is 0. The fraction of sp³-hybridized carbons (Fsp3) is 0.353. The number of furan rings is 1. The average molecular weight is 333 g/mol. The smallest absolute Gasteiger partial charge is 0.204 e. The molecular weight excluding hydrogens is 312 g/mol. The first-order chi connectivity index (χ1) is 10.8. The van der Waals surface area contributed by atoms with Gasteiger partial charge in [0.2, 0.25) is 5.95 Å². The molecule has 4 rings (SSSR count). The minimum absolute atomic E-state index is 0. The van der Waals surface area contributed by atoms with Crippen LogP contribution < -0.4 is 10.6 Å². The number of nitrogens with zero attached hydrogens (tertiary/aromatic N) is 2. The number of benzene rings is 1. The van der Waals surface area contributed by atoms with E-state index in [4.69, 9.17) is 9.40 Å². The van der Waals surface area contributed by atoms with E-state index in [1.165, 1.54) is 0 Å². The van der Waals surface area contributed by atoms with Crippen LogP contribution in [0.2, 0.25) is 0 Å². The molecule has 1 fully saturated rings. The van der Waals surface area contributed by atoms with E-state index in [-0.39, 0.29) is 12.4 Å². The summed E-state index contributed by atoms with van der Waals surface area (Å²) in [4.78, 5) is 4.76. The lowest BCUT2D eigenvalue weighted by molar-refractivity contribution is 0.472. The molecule has 3 heterocycles. The molecule has 0 amide bonds. The zero-order valence-electron chi connectivity index (χ0n) is 13.1. The van der Waals surface area contributed by atoms with Gasteiger partial charge in [0.05, 0.1) is 17.6 Å². The molecule has 2 N–H and O–H groups in total. The standard InChI is InChI=1S/C17H20N4O.ClH/c1-12-6-7-14(22-12)11-21-16-5-3-2-4-15(16)20-17(21)19-13-8-9-18-10-13;/h2-7,13,18H,8-11H2,1H3,(H,19,20);1H. The molecule has 0 aliphatic carbocycles. The molecule has 122 valence electrons. The monoisotopic (exact) mass is 332 g/mol. The number of hydrogen-bond donors (Lipinski definition) is 2. The highest BCUT2D eigenvalue weighted by atomic mass is 35.5. The van der Waals surface area contributed by atoms with Gasteiger partial charge in [-0.3, -0.25) is 0 Å². The van der Waals surface area contributed by atoms with Crippen LogP contribution in [0.4, 0.5) is 5.95 Å². The lowest BCUT2D eigenvalue weighted by Gasteiger charge is -2.14. The molecule has 1 unspecified atom stereocenters. The van der Waals surface area contributed by atoms with Crippen molar-refractivity contribution in [3.8, 4) is 0 Å². The number of imidazole rings is 1. The first-order valence-electron chi connectivity index (χ1n) is 7.77. The highest BCUT2D eigenvalue weighted by molar-refractivity contribution is 5.85. The third-order valence-electron chi connectivity index (χ3n) is 4.16. The van der Waals surface area contributed by atoms with Gasteiger partial charge in [-0.15, -0.1) is 12.4 Å². The van der Waals surface area contributed by atoms with Gasteiger partial charge in [0.25, 0.3) is 0 Å². The molecule has 1 saturated heterocycles. The zero-order valence-corrected chi connectivity index (χ0v) is 13.9. The van der Waals surface area contributed by atoms with E-state index in [0.717, 1.165) is 48.0 Å². The summed E-state index contributed by atoms with van der Waals surface area (Å²) in [5, 5.41) is 6.95. The van der Waals surface area contributed by atoms with Crippen molar-refractivity contribution in [2.24, 2.45) is 0 Å². The van der Waals surface area contributed by atoms with Crippen molar-refractivity contribution in [1.29, 1.82) is 0 Å². The molecule has 0 spiro atoms. The molecule has 5 nitrogen and oxygen atoms in total. The quantitative estimate of drug-likeness (QED) is 0.770. The Morgan fingerprint density at radius 2 is 2.17 bits per heavy atom. The van der Waals surface area contributed by atoms with E-state index < -0.39 is 0 Å². The van der Waals surface area contributed by atoms with Crippen molar-refractivity contribution in [2.45, 2.75) is 25.9 Å². The van der Waals surface area contributed by atoms with E-state index in [1.807, 2.05) is 25.1 Å². The predicted octanol–water partition coefficient (Wildman–Crippen LogP) is 3.18. The van der Waals surface area contributed by atoms with Crippen LogP contribution in [0, 0.1) is 6.92 Å². The second-order valence-corrected chi connectivity index (χ2v) is 5.86. The minimum Gasteiger partial charge on any atom is -0.464 e. The van der Waals surface area contributed by atoms with Crippen LogP contribution in [0.25, 0.3) is 11.0 Å². The van der Waals surface area contributed by atoms with Gasteiger partial charge in [0.15, 0.2) is 0 Å². The SMILES string of the molecule is Cc1ccc(Cn2c(NC3CCNC3)nc3ccccc32)o1.Cl. The Morgan fingerprint density at radius 3 is 2.91 bits per heavy atom. The Kier molecular flexibility index (Phi) is 4.59. The second-order valence-electron chi connectivity index (χ2n) is 5.86. The normalized spacial score (nSPS) is 17.3. The number of anilines is 1. The third-order valence-corrected chi connectivity index (χ3v) is 4.16. The van der Waals surface area contributed by atoms with Gasteiger partial charge in [-0.1, -0.05) is 12.1 Å². The number of fused-ring (bicyclic) bond motifs is 1. The van der Waals surface area contributed by atoms with Gasteiger partial charge in [-0.2, -0.15) is 0 Å². The maximum Gasteiger partial charge on any atom is 0.204 e. The summed E-state index contributed by atoms with van der Waals surface area (Å²) in [5.41, 5.74) is 2.14. The van der Waals surface area contributed by atoms with Crippen molar-refractivity contribution in [3.05, 3.63) is 47.9 Å². The third kappa shape index (κ3) is 3.21. The Labute approximate surface area is 141 Å². The van der Waals surface area contributed by atoms with E-state index in [2.05, 4.69) is 33.4 Å². The zero-order chi connectivity index (χ0) is 14.9. The van der Waals surface area contributed by atoms with Gasteiger partial charge in [-0.25, -0.2) is 4.98 Å². The van der Waals surface area contributed by atoms with Crippen LogP contribution in [0.15, 0.2) is 40.8 Å². The van der Waals surface area contributed by atoms with Crippen LogP contribution in [0.1, 0.15) is 17.9 Å². The summed E-state index contributed by atoms with van der Waals surface area (Å²) < 4.78 is 7.94. The van der Waals surface area contributed by atoms with Crippen molar-refractivity contribution in [3.63, 3.8) is 0 Å². The predicted molar refractivity (Wildman–Crippen MR) is 94.4 cm³/mol. The topological polar surface area (TPSA) is 55.0 Å². The van der Waals surface area contributed by atoms with Crippen molar-refractivity contribution >= 4 is 29.4 Å². The fourth-order valence-electron chi connectivity index (χ4n) is 3.03. The van der Waals surface area contributed by atoms with Crippen LogP contribution in [-0.4, -0.2) is 28.7 Å². The number of aryl methyl sites for hydroxylation is 1. The highest BCUT2D eigenvalue weighted by Gasteiger charge is 2.18. The lowest BCUT2D eigenvalue weighted by atomic mass is 10.3. The summed E-state index contributed by atoms with van der Waals surface area (Å²) in [6, 6.07) is 12.7. The van der Waals surface area contributed by atoms with E-state index in [0.29, 0.717) is 12.6 Å². The summed E-state index contributed by atoms with van der Waals surface area (Å²) in [7, 11) is 0. The van der Waals surface area contributed by atoms with Gasteiger partial charge in [0, 0.05) is 12.6 Å².